The molecule has 2 aliphatic heterocycles. The molecule has 0 spiro atoms. The largest absolute Gasteiger partial charge is 0.492 e. The molecule has 0 bridgehead atoms. The number of ether oxygens (including phenoxy) is 1. The first kappa shape index (κ1) is 16.1. The number of amides is 1. The molecular weight excluding hydrogens is 320 g/mol. The van der Waals surface area contributed by atoms with Crippen molar-refractivity contribution in [1.82, 2.24) is 19.9 Å². The summed E-state index contributed by atoms with van der Waals surface area (Å²) >= 11 is 0. The van der Waals surface area contributed by atoms with Gasteiger partial charge >= 0.3 is 0 Å². The molecule has 25 heavy (non-hydrogen) atoms. The van der Waals surface area contributed by atoms with E-state index in [0.717, 1.165) is 37.4 Å². The SMILES string of the molecule is Cc1noc([C@@H]2CCN(C(=O)CN3CCOc4ccccc4C3)C2)n1. The molecule has 4 rings (SSSR count). The van der Waals surface area contributed by atoms with Crippen LogP contribution >= 0.6 is 0 Å². The zero-order valence-electron chi connectivity index (χ0n) is 14.4. The number of rotatable bonds is 3. The Bertz CT molecular complexity index is 760. The first-order valence-electron chi connectivity index (χ1n) is 8.70. The molecule has 7 heteroatoms. The Morgan fingerprint density at radius 2 is 2.20 bits per heavy atom. The molecule has 2 aromatic rings. The van der Waals surface area contributed by atoms with Crippen molar-refractivity contribution < 1.29 is 14.1 Å². The van der Waals surface area contributed by atoms with E-state index in [1.165, 1.54) is 0 Å². The number of aryl methyl sites for hydroxylation is 1. The number of hydrogen-bond acceptors (Lipinski definition) is 6. The van der Waals surface area contributed by atoms with E-state index in [1.54, 1.807) is 0 Å². The summed E-state index contributed by atoms with van der Waals surface area (Å²) in [6.45, 7) is 5.71. The number of hydrogen-bond donors (Lipinski definition) is 0. The molecule has 2 aliphatic rings. The van der Waals surface area contributed by atoms with Crippen molar-refractivity contribution in [3.63, 3.8) is 0 Å². The molecule has 1 fully saturated rings. The number of aromatic nitrogens is 2. The first-order valence-corrected chi connectivity index (χ1v) is 8.70. The Kier molecular flexibility index (Phi) is 4.40. The monoisotopic (exact) mass is 342 g/mol. The van der Waals surface area contributed by atoms with Gasteiger partial charge in [-0.3, -0.25) is 9.69 Å². The number of benzene rings is 1. The summed E-state index contributed by atoms with van der Waals surface area (Å²) in [7, 11) is 0. The van der Waals surface area contributed by atoms with Crippen LogP contribution in [0.2, 0.25) is 0 Å². The fourth-order valence-corrected chi connectivity index (χ4v) is 3.47. The second-order valence-corrected chi connectivity index (χ2v) is 6.67. The van der Waals surface area contributed by atoms with Crippen LogP contribution in [-0.4, -0.2) is 58.6 Å². The summed E-state index contributed by atoms with van der Waals surface area (Å²) in [6, 6.07) is 8.02. The maximum atomic E-state index is 12.7. The summed E-state index contributed by atoms with van der Waals surface area (Å²) in [5.41, 5.74) is 1.13. The number of para-hydroxylation sites is 1. The highest BCUT2D eigenvalue weighted by Crippen LogP contribution is 2.26. The Labute approximate surface area is 146 Å². The van der Waals surface area contributed by atoms with Gasteiger partial charge in [0, 0.05) is 31.7 Å². The van der Waals surface area contributed by atoms with Crippen LogP contribution in [-0.2, 0) is 11.3 Å². The molecule has 0 aliphatic carbocycles. The maximum Gasteiger partial charge on any atom is 0.236 e. The number of likely N-dealkylation sites (tertiary alicyclic amines) is 1. The topological polar surface area (TPSA) is 71.7 Å². The maximum absolute atomic E-state index is 12.7. The van der Waals surface area contributed by atoms with E-state index in [-0.39, 0.29) is 11.8 Å². The van der Waals surface area contributed by atoms with Gasteiger partial charge in [0.15, 0.2) is 5.82 Å². The first-order chi connectivity index (χ1) is 12.2. The van der Waals surface area contributed by atoms with Crippen LogP contribution < -0.4 is 4.74 Å². The van der Waals surface area contributed by atoms with Gasteiger partial charge in [-0.25, -0.2) is 0 Å². The van der Waals surface area contributed by atoms with Gasteiger partial charge in [-0.15, -0.1) is 0 Å². The Balaban J connectivity index is 1.36. The van der Waals surface area contributed by atoms with Gasteiger partial charge in [0.05, 0.1) is 12.5 Å². The van der Waals surface area contributed by atoms with E-state index in [4.69, 9.17) is 9.26 Å². The summed E-state index contributed by atoms with van der Waals surface area (Å²) in [5.74, 6) is 2.51. The molecule has 0 unspecified atom stereocenters. The van der Waals surface area contributed by atoms with Crippen LogP contribution in [0.15, 0.2) is 28.8 Å². The number of carbonyl (C=O) groups excluding carboxylic acids is 1. The molecule has 1 saturated heterocycles. The molecular formula is C18H22N4O3. The van der Waals surface area contributed by atoms with E-state index >= 15 is 0 Å². The van der Waals surface area contributed by atoms with Gasteiger partial charge in [0.2, 0.25) is 11.8 Å². The minimum absolute atomic E-state index is 0.151. The molecule has 132 valence electrons. The van der Waals surface area contributed by atoms with E-state index in [0.29, 0.717) is 31.4 Å². The predicted molar refractivity (Wildman–Crippen MR) is 90.2 cm³/mol. The Morgan fingerprint density at radius 3 is 3.04 bits per heavy atom. The van der Waals surface area contributed by atoms with Crippen LogP contribution in [0.25, 0.3) is 0 Å². The van der Waals surface area contributed by atoms with Crippen molar-refractivity contribution in [2.24, 2.45) is 0 Å². The second kappa shape index (κ2) is 6.84. The predicted octanol–water partition coefficient (Wildman–Crippen LogP) is 1.59. The highest BCUT2D eigenvalue weighted by molar-refractivity contribution is 5.78. The molecule has 1 atom stereocenters. The van der Waals surface area contributed by atoms with Gasteiger partial charge in [-0.2, -0.15) is 4.98 Å². The lowest BCUT2D eigenvalue weighted by Crippen LogP contribution is -2.39. The fraction of sp³-hybridized carbons (Fsp3) is 0.500. The summed E-state index contributed by atoms with van der Waals surface area (Å²) < 4.78 is 11.0. The van der Waals surface area contributed by atoms with Crippen molar-refractivity contribution in [3.8, 4) is 5.75 Å². The van der Waals surface area contributed by atoms with E-state index < -0.39 is 0 Å². The minimum Gasteiger partial charge on any atom is -0.492 e. The van der Waals surface area contributed by atoms with Crippen molar-refractivity contribution in [2.75, 3.05) is 32.8 Å². The van der Waals surface area contributed by atoms with Gasteiger partial charge in [0.1, 0.15) is 12.4 Å². The smallest absolute Gasteiger partial charge is 0.236 e. The lowest BCUT2D eigenvalue weighted by Gasteiger charge is -2.23. The summed E-state index contributed by atoms with van der Waals surface area (Å²) in [6.07, 6.45) is 0.874. The van der Waals surface area contributed by atoms with Crippen molar-refractivity contribution in [1.29, 1.82) is 0 Å². The van der Waals surface area contributed by atoms with Crippen molar-refractivity contribution >= 4 is 5.91 Å². The fourth-order valence-electron chi connectivity index (χ4n) is 3.47. The number of fused-ring (bicyclic) bond motifs is 1. The highest BCUT2D eigenvalue weighted by atomic mass is 16.5. The van der Waals surface area contributed by atoms with Crippen molar-refractivity contribution in [3.05, 3.63) is 41.5 Å². The molecule has 0 radical (unpaired) electrons. The molecule has 0 N–H and O–H groups in total. The van der Waals surface area contributed by atoms with Gasteiger partial charge < -0.3 is 14.2 Å². The van der Waals surface area contributed by atoms with Crippen LogP contribution in [0, 0.1) is 6.92 Å². The van der Waals surface area contributed by atoms with Crippen LogP contribution in [0.4, 0.5) is 0 Å². The molecule has 1 aromatic carbocycles. The van der Waals surface area contributed by atoms with E-state index in [2.05, 4.69) is 21.1 Å². The lowest BCUT2D eigenvalue weighted by molar-refractivity contribution is -0.131. The second-order valence-electron chi connectivity index (χ2n) is 6.67. The third-order valence-electron chi connectivity index (χ3n) is 4.82. The normalized spacial score (nSPS) is 20.8. The number of nitrogens with zero attached hydrogens (tertiary/aromatic N) is 4. The Morgan fingerprint density at radius 1 is 1.32 bits per heavy atom. The van der Waals surface area contributed by atoms with Gasteiger partial charge in [0.25, 0.3) is 0 Å². The molecule has 3 heterocycles. The zero-order chi connectivity index (χ0) is 17.2. The average molecular weight is 342 g/mol. The van der Waals surface area contributed by atoms with Crippen LogP contribution in [0.5, 0.6) is 5.75 Å². The van der Waals surface area contributed by atoms with Crippen LogP contribution in [0.3, 0.4) is 0 Å². The standard InChI is InChI=1S/C18H22N4O3/c1-13-19-18(25-20-13)15-6-7-22(11-15)17(23)12-21-8-9-24-16-5-3-2-4-14(16)10-21/h2-5,15H,6-12H2,1H3/t15-/m1/s1. The van der Waals surface area contributed by atoms with Crippen molar-refractivity contribution in [2.45, 2.75) is 25.8 Å². The number of carbonyl (C=O) groups is 1. The summed E-state index contributed by atoms with van der Waals surface area (Å²) in [4.78, 5) is 21.0. The molecule has 1 amide bonds. The summed E-state index contributed by atoms with van der Waals surface area (Å²) in [5, 5.41) is 3.84. The van der Waals surface area contributed by atoms with Gasteiger partial charge in [-0.05, 0) is 19.4 Å². The third kappa shape index (κ3) is 3.51. The minimum atomic E-state index is 0.151. The van der Waals surface area contributed by atoms with Gasteiger partial charge in [-0.1, -0.05) is 23.4 Å². The average Bonchev–Trinajstić information content (AvgIpc) is 3.20. The molecule has 0 saturated carbocycles. The third-order valence-corrected chi connectivity index (χ3v) is 4.82. The quantitative estimate of drug-likeness (QED) is 0.843. The highest BCUT2D eigenvalue weighted by Gasteiger charge is 2.31. The van der Waals surface area contributed by atoms with E-state index in [1.807, 2.05) is 30.0 Å². The van der Waals surface area contributed by atoms with E-state index in [9.17, 15) is 4.79 Å². The zero-order valence-corrected chi connectivity index (χ0v) is 14.4. The lowest BCUT2D eigenvalue weighted by atomic mass is 10.1. The van der Waals surface area contributed by atoms with Crippen LogP contribution in [0.1, 0.15) is 29.6 Å². The molecule has 7 nitrogen and oxygen atoms in total. The Hall–Kier alpha value is -2.41. The molecule has 1 aromatic heterocycles.